The van der Waals surface area contributed by atoms with Crippen LogP contribution in [0.3, 0.4) is 0 Å². The van der Waals surface area contributed by atoms with Crippen LogP contribution in [-0.4, -0.2) is 29.1 Å². The summed E-state index contributed by atoms with van der Waals surface area (Å²) in [5, 5.41) is 15.5. The Morgan fingerprint density at radius 1 is 1.42 bits per heavy atom. The number of rotatable bonds is 5. The molecule has 0 fully saturated rings. The van der Waals surface area contributed by atoms with Gasteiger partial charge in [0.2, 0.25) is 0 Å². The molecule has 0 saturated carbocycles. The van der Waals surface area contributed by atoms with Crippen molar-refractivity contribution in [3.8, 4) is 11.3 Å². The Labute approximate surface area is 116 Å². The first-order valence-electron chi connectivity index (χ1n) is 6.11. The van der Waals surface area contributed by atoms with E-state index in [-0.39, 0.29) is 12.5 Å². The van der Waals surface area contributed by atoms with Crippen LogP contribution in [-0.2, 0) is 0 Å². The van der Waals surface area contributed by atoms with Gasteiger partial charge in [0.1, 0.15) is 0 Å². The topological polar surface area (TPSA) is 62.2 Å². The maximum absolute atomic E-state index is 11.9. The van der Waals surface area contributed by atoms with Crippen molar-refractivity contribution in [2.75, 3.05) is 13.2 Å². The van der Waals surface area contributed by atoms with E-state index in [1.165, 1.54) is 0 Å². The third-order valence-corrected chi connectivity index (χ3v) is 3.45. The van der Waals surface area contributed by atoms with Gasteiger partial charge in [-0.1, -0.05) is 0 Å². The quantitative estimate of drug-likeness (QED) is 0.823. The van der Waals surface area contributed by atoms with Crippen molar-refractivity contribution >= 4 is 17.2 Å². The first-order valence-corrected chi connectivity index (χ1v) is 7.06. The number of amides is 1. The predicted molar refractivity (Wildman–Crippen MR) is 76.3 cm³/mol. The summed E-state index contributed by atoms with van der Waals surface area (Å²) in [6.45, 7) is 2.38. The maximum Gasteiger partial charge on any atom is 0.253 e. The van der Waals surface area contributed by atoms with Gasteiger partial charge in [-0.3, -0.25) is 9.78 Å². The monoisotopic (exact) mass is 276 g/mol. The number of nitrogens with zero attached hydrogens (tertiary/aromatic N) is 1. The molecular formula is C14H16N2O2S. The van der Waals surface area contributed by atoms with E-state index in [4.69, 9.17) is 5.11 Å². The first-order chi connectivity index (χ1) is 9.22. The number of aliphatic hydroxyl groups excluding tert-OH is 1. The molecule has 0 aliphatic heterocycles. The highest BCUT2D eigenvalue weighted by atomic mass is 32.1. The highest BCUT2D eigenvalue weighted by Gasteiger charge is 2.10. The Kier molecular flexibility index (Phi) is 4.65. The second-order valence-corrected chi connectivity index (χ2v) is 4.95. The Hall–Kier alpha value is -1.72. The first kappa shape index (κ1) is 13.7. The lowest BCUT2D eigenvalue weighted by atomic mass is 10.1. The van der Waals surface area contributed by atoms with Gasteiger partial charge in [-0.15, -0.1) is 0 Å². The number of nitrogens with one attached hydrogen (secondary N) is 1. The van der Waals surface area contributed by atoms with Gasteiger partial charge in [0, 0.05) is 24.1 Å². The number of thiophene rings is 1. The van der Waals surface area contributed by atoms with Crippen LogP contribution in [0.2, 0.25) is 0 Å². The minimum atomic E-state index is -0.143. The molecule has 0 atom stereocenters. The van der Waals surface area contributed by atoms with E-state index in [0.29, 0.717) is 24.2 Å². The molecule has 0 radical (unpaired) electrons. The Bertz CT molecular complexity index is 553. The van der Waals surface area contributed by atoms with Crippen LogP contribution < -0.4 is 5.32 Å². The predicted octanol–water partition coefficient (Wildman–Crippen LogP) is 2.23. The molecule has 100 valence electrons. The van der Waals surface area contributed by atoms with Gasteiger partial charge in [-0.25, -0.2) is 0 Å². The minimum absolute atomic E-state index is 0.0780. The summed E-state index contributed by atoms with van der Waals surface area (Å²) in [6.07, 6.45) is 0.561. The van der Waals surface area contributed by atoms with Crippen LogP contribution in [0.4, 0.5) is 0 Å². The van der Waals surface area contributed by atoms with Crippen molar-refractivity contribution in [3.05, 3.63) is 40.2 Å². The SMILES string of the molecule is Cc1nc(-c2ccsc2)ccc1C(=O)NCCCO. The lowest BCUT2D eigenvalue weighted by molar-refractivity contribution is 0.0950. The van der Waals surface area contributed by atoms with Crippen molar-refractivity contribution in [3.63, 3.8) is 0 Å². The fourth-order valence-corrected chi connectivity index (χ4v) is 2.40. The molecule has 2 rings (SSSR count). The normalized spacial score (nSPS) is 10.4. The van der Waals surface area contributed by atoms with Crippen LogP contribution in [0.15, 0.2) is 29.0 Å². The number of hydrogen-bond acceptors (Lipinski definition) is 4. The minimum Gasteiger partial charge on any atom is -0.396 e. The fraction of sp³-hybridized carbons (Fsp3) is 0.286. The Morgan fingerprint density at radius 2 is 2.26 bits per heavy atom. The largest absolute Gasteiger partial charge is 0.396 e. The summed E-state index contributed by atoms with van der Waals surface area (Å²) in [4.78, 5) is 16.4. The fourth-order valence-electron chi connectivity index (χ4n) is 1.75. The Morgan fingerprint density at radius 3 is 2.89 bits per heavy atom. The zero-order chi connectivity index (χ0) is 13.7. The molecule has 0 spiro atoms. The average Bonchev–Trinajstić information content (AvgIpc) is 2.92. The van der Waals surface area contributed by atoms with E-state index in [1.54, 1.807) is 17.4 Å². The highest BCUT2D eigenvalue weighted by Crippen LogP contribution is 2.21. The van der Waals surface area contributed by atoms with E-state index < -0.39 is 0 Å². The molecule has 2 aromatic rings. The molecule has 0 saturated heterocycles. The number of aliphatic hydroxyl groups is 1. The number of carbonyl (C=O) groups is 1. The van der Waals surface area contributed by atoms with Gasteiger partial charge in [-0.05, 0) is 36.9 Å². The average molecular weight is 276 g/mol. The van der Waals surface area contributed by atoms with Gasteiger partial charge in [0.05, 0.1) is 17.0 Å². The lowest BCUT2D eigenvalue weighted by Crippen LogP contribution is -2.26. The van der Waals surface area contributed by atoms with Gasteiger partial charge < -0.3 is 10.4 Å². The summed E-state index contributed by atoms with van der Waals surface area (Å²) in [5.74, 6) is -0.143. The van der Waals surface area contributed by atoms with Crippen molar-refractivity contribution < 1.29 is 9.90 Å². The molecule has 1 amide bonds. The van der Waals surface area contributed by atoms with Crippen LogP contribution in [0.25, 0.3) is 11.3 Å². The summed E-state index contributed by atoms with van der Waals surface area (Å²) in [7, 11) is 0. The molecule has 2 N–H and O–H groups in total. The maximum atomic E-state index is 11.9. The number of aromatic nitrogens is 1. The lowest BCUT2D eigenvalue weighted by Gasteiger charge is -2.08. The molecule has 4 nitrogen and oxygen atoms in total. The molecule has 2 aromatic heterocycles. The second-order valence-electron chi connectivity index (χ2n) is 4.17. The van der Waals surface area contributed by atoms with Crippen molar-refractivity contribution in [1.29, 1.82) is 0 Å². The van der Waals surface area contributed by atoms with Gasteiger partial charge in [-0.2, -0.15) is 11.3 Å². The molecule has 5 heteroatoms. The van der Waals surface area contributed by atoms with Crippen LogP contribution in [0.5, 0.6) is 0 Å². The van der Waals surface area contributed by atoms with E-state index >= 15 is 0 Å². The summed E-state index contributed by atoms with van der Waals surface area (Å²) in [5.41, 5.74) is 3.24. The van der Waals surface area contributed by atoms with Crippen LogP contribution in [0, 0.1) is 6.92 Å². The van der Waals surface area contributed by atoms with Crippen molar-refractivity contribution in [2.45, 2.75) is 13.3 Å². The van der Waals surface area contributed by atoms with Crippen molar-refractivity contribution in [1.82, 2.24) is 10.3 Å². The number of carbonyl (C=O) groups excluding carboxylic acids is 1. The smallest absolute Gasteiger partial charge is 0.253 e. The summed E-state index contributed by atoms with van der Waals surface area (Å²) in [6, 6.07) is 5.66. The zero-order valence-corrected chi connectivity index (χ0v) is 11.5. The molecule has 0 bridgehead atoms. The third-order valence-electron chi connectivity index (χ3n) is 2.77. The van der Waals surface area contributed by atoms with Crippen LogP contribution >= 0.6 is 11.3 Å². The van der Waals surface area contributed by atoms with Gasteiger partial charge in [0.25, 0.3) is 5.91 Å². The van der Waals surface area contributed by atoms with E-state index in [2.05, 4.69) is 10.3 Å². The molecule has 0 aliphatic rings. The Balaban J connectivity index is 2.13. The summed E-state index contributed by atoms with van der Waals surface area (Å²) < 4.78 is 0. The third kappa shape index (κ3) is 3.39. The molecular weight excluding hydrogens is 260 g/mol. The zero-order valence-electron chi connectivity index (χ0n) is 10.7. The van der Waals surface area contributed by atoms with E-state index in [9.17, 15) is 4.79 Å². The molecule has 0 unspecified atom stereocenters. The van der Waals surface area contributed by atoms with E-state index in [0.717, 1.165) is 11.3 Å². The molecule has 19 heavy (non-hydrogen) atoms. The summed E-state index contributed by atoms with van der Waals surface area (Å²) >= 11 is 1.62. The van der Waals surface area contributed by atoms with Gasteiger partial charge >= 0.3 is 0 Å². The highest BCUT2D eigenvalue weighted by molar-refractivity contribution is 7.08. The standard InChI is InChI=1S/C14H16N2O2S/c1-10-12(14(18)15-6-2-7-17)3-4-13(16-10)11-5-8-19-9-11/h3-5,8-9,17H,2,6-7H2,1H3,(H,15,18). The number of pyridine rings is 1. The number of hydrogen-bond donors (Lipinski definition) is 2. The molecule has 0 aliphatic carbocycles. The van der Waals surface area contributed by atoms with E-state index in [1.807, 2.05) is 29.8 Å². The van der Waals surface area contributed by atoms with Crippen molar-refractivity contribution in [2.24, 2.45) is 0 Å². The number of aryl methyl sites for hydroxylation is 1. The second kappa shape index (κ2) is 6.45. The van der Waals surface area contributed by atoms with Gasteiger partial charge in [0.15, 0.2) is 0 Å². The molecule has 2 heterocycles. The van der Waals surface area contributed by atoms with Crippen LogP contribution in [0.1, 0.15) is 22.5 Å². The molecule has 0 aromatic carbocycles.